The number of thioether (sulfide) groups is 1. The van der Waals surface area contributed by atoms with Gasteiger partial charge in [0.25, 0.3) is 0 Å². The Balaban J connectivity index is 2.17. The number of aryl methyl sites for hydroxylation is 1. The number of halogens is 1. The molecule has 1 unspecified atom stereocenters. The van der Waals surface area contributed by atoms with Crippen LogP contribution in [-0.2, 0) is 0 Å². The summed E-state index contributed by atoms with van der Waals surface area (Å²) in [5, 5.41) is 3.83. The largest absolute Gasteiger partial charge is 0.333 e. The van der Waals surface area contributed by atoms with Crippen LogP contribution < -0.4 is 5.32 Å². The van der Waals surface area contributed by atoms with Crippen LogP contribution in [0.25, 0.3) is 0 Å². The molecular formula is C11H13FN2S. The Bertz CT molecular complexity index is 404. The van der Waals surface area contributed by atoms with Gasteiger partial charge in [0.1, 0.15) is 5.82 Å². The Kier molecular flexibility index (Phi) is 2.95. The molecule has 4 heteroatoms. The Labute approximate surface area is 93.0 Å². The van der Waals surface area contributed by atoms with Crippen molar-refractivity contribution in [1.29, 1.82) is 0 Å². The maximum Gasteiger partial charge on any atom is 0.161 e. The van der Waals surface area contributed by atoms with E-state index >= 15 is 0 Å². The highest BCUT2D eigenvalue weighted by Gasteiger charge is 2.14. The topological polar surface area (TPSA) is 24.4 Å². The van der Waals surface area contributed by atoms with Crippen LogP contribution in [0, 0.1) is 12.7 Å². The van der Waals surface area contributed by atoms with Crippen molar-refractivity contribution in [3.05, 3.63) is 29.6 Å². The lowest BCUT2D eigenvalue weighted by Gasteiger charge is -2.06. The monoisotopic (exact) mass is 224 g/mol. The summed E-state index contributed by atoms with van der Waals surface area (Å²) in [5.74, 6) is 0.735. The molecule has 0 amide bonds. The molecule has 0 saturated heterocycles. The third-order valence-electron chi connectivity index (χ3n) is 2.16. The van der Waals surface area contributed by atoms with Gasteiger partial charge in [-0.3, -0.25) is 4.99 Å². The first-order valence-electron chi connectivity index (χ1n) is 4.89. The third-order valence-corrected chi connectivity index (χ3v) is 3.29. The number of hydrogen-bond acceptors (Lipinski definition) is 3. The zero-order valence-electron chi connectivity index (χ0n) is 8.75. The van der Waals surface area contributed by atoms with Crippen molar-refractivity contribution in [2.75, 3.05) is 11.1 Å². The van der Waals surface area contributed by atoms with Crippen LogP contribution >= 0.6 is 11.8 Å². The molecule has 1 aliphatic heterocycles. The Morgan fingerprint density at radius 1 is 1.53 bits per heavy atom. The molecule has 2 nitrogen and oxygen atoms in total. The van der Waals surface area contributed by atoms with Gasteiger partial charge in [-0.15, -0.1) is 0 Å². The maximum absolute atomic E-state index is 13.4. The van der Waals surface area contributed by atoms with E-state index in [1.165, 1.54) is 6.07 Å². The van der Waals surface area contributed by atoms with Gasteiger partial charge in [-0.1, -0.05) is 17.8 Å². The second kappa shape index (κ2) is 4.23. The second-order valence-corrected chi connectivity index (χ2v) is 4.71. The summed E-state index contributed by atoms with van der Waals surface area (Å²) < 4.78 is 13.4. The fourth-order valence-electron chi connectivity index (χ4n) is 1.39. The van der Waals surface area contributed by atoms with Gasteiger partial charge in [-0.25, -0.2) is 4.39 Å². The molecule has 0 saturated carbocycles. The van der Waals surface area contributed by atoms with Crippen LogP contribution in [0.5, 0.6) is 0 Å². The average molecular weight is 224 g/mol. The number of hydrogen-bond donors (Lipinski definition) is 1. The predicted octanol–water partition coefficient (Wildman–Crippen LogP) is 3.04. The van der Waals surface area contributed by atoms with Crippen LogP contribution in [-0.4, -0.2) is 17.0 Å². The highest BCUT2D eigenvalue weighted by atomic mass is 32.2. The molecule has 1 heterocycles. The standard InChI is InChI=1S/C11H13FN2S/c1-7-3-4-9(12)10(5-7)14-11-13-8(2)6-15-11/h3-5,8H,6H2,1-2H3,(H,13,14). The Morgan fingerprint density at radius 3 is 3.00 bits per heavy atom. The van der Waals surface area contributed by atoms with Gasteiger partial charge in [0.2, 0.25) is 0 Å². The molecule has 0 spiro atoms. The van der Waals surface area contributed by atoms with Gasteiger partial charge in [0.05, 0.1) is 11.7 Å². The molecule has 0 aliphatic carbocycles. The van der Waals surface area contributed by atoms with E-state index in [0.717, 1.165) is 16.5 Å². The van der Waals surface area contributed by atoms with Gasteiger partial charge in [-0.2, -0.15) is 0 Å². The molecule has 1 aliphatic rings. The van der Waals surface area contributed by atoms with Gasteiger partial charge in [0, 0.05) is 5.75 Å². The third kappa shape index (κ3) is 2.50. The van der Waals surface area contributed by atoms with Gasteiger partial charge in [0.15, 0.2) is 5.17 Å². The number of nitrogens with zero attached hydrogens (tertiary/aromatic N) is 1. The van der Waals surface area contributed by atoms with Crippen LogP contribution in [0.2, 0.25) is 0 Å². The lowest BCUT2D eigenvalue weighted by Crippen LogP contribution is -2.06. The summed E-state index contributed by atoms with van der Waals surface area (Å²) in [7, 11) is 0. The fraction of sp³-hybridized carbons (Fsp3) is 0.364. The minimum Gasteiger partial charge on any atom is -0.333 e. The van der Waals surface area contributed by atoms with Crippen molar-refractivity contribution in [3.63, 3.8) is 0 Å². The minimum atomic E-state index is -0.233. The van der Waals surface area contributed by atoms with E-state index in [4.69, 9.17) is 0 Å². The normalized spacial score (nSPS) is 20.2. The first kappa shape index (κ1) is 10.5. The smallest absolute Gasteiger partial charge is 0.161 e. The molecule has 1 aromatic rings. The number of anilines is 1. The van der Waals surface area contributed by atoms with Crippen molar-refractivity contribution >= 4 is 22.6 Å². The molecule has 0 fully saturated rings. The molecule has 80 valence electrons. The molecule has 2 rings (SSSR count). The zero-order chi connectivity index (χ0) is 10.8. The zero-order valence-corrected chi connectivity index (χ0v) is 9.57. The molecule has 15 heavy (non-hydrogen) atoms. The van der Waals surface area contributed by atoms with Crippen LogP contribution in [0.1, 0.15) is 12.5 Å². The fourth-order valence-corrected chi connectivity index (χ4v) is 2.30. The van der Waals surface area contributed by atoms with Gasteiger partial charge >= 0.3 is 0 Å². The quantitative estimate of drug-likeness (QED) is 0.793. The first-order valence-corrected chi connectivity index (χ1v) is 5.87. The molecule has 0 radical (unpaired) electrons. The first-order chi connectivity index (χ1) is 7.15. The predicted molar refractivity (Wildman–Crippen MR) is 64.1 cm³/mol. The van der Waals surface area contributed by atoms with E-state index < -0.39 is 0 Å². The van der Waals surface area contributed by atoms with Crippen LogP contribution in [0.3, 0.4) is 0 Å². The Morgan fingerprint density at radius 2 is 2.33 bits per heavy atom. The van der Waals surface area contributed by atoms with E-state index in [1.807, 2.05) is 13.8 Å². The molecule has 1 aromatic carbocycles. The minimum absolute atomic E-state index is 0.233. The lowest BCUT2D eigenvalue weighted by molar-refractivity contribution is 0.632. The van der Waals surface area contributed by atoms with E-state index in [1.54, 1.807) is 23.9 Å². The Hall–Kier alpha value is -1.03. The molecule has 0 bridgehead atoms. The summed E-state index contributed by atoms with van der Waals surface area (Å²) >= 11 is 1.63. The summed E-state index contributed by atoms with van der Waals surface area (Å²) in [6.45, 7) is 3.99. The van der Waals surface area contributed by atoms with Crippen LogP contribution in [0.15, 0.2) is 23.2 Å². The summed E-state index contributed by atoms with van der Waals surface area (Å²) in [6, 6.07) is 5.35. The van der Waals surface area contributed by atoms with E-state index in [0.29, 0.717) is 11.7 Å². The molecule has 1 N–H and O–H groups in total. The second-order valence-electron chi connectivity index (χ2n) is 3.70. The molecule has 0 aromatic heterocycles. The average Bonchev–Trinajstić information content (AvgIpc) is 2.58. The van der Waals surface area contributed by atoms with Crippen molar-refractivity contribution in [1.82, 2.24) is 0 Å². The lowest BCUT2D eigenvalue weighted by atomic mass is 10.2. The summed E-state index contributed by atoms with van der Waals surface area (Å²) in [6.07, 6.45) is 0. The van der Waals surface area contributed by atoms with Gasteiger partial charge in [-0.05, 0) is 31.5 Å². The van der Waals surface area contributed by atoms with E-state index in [2.05, 4.69) is 10.3 Å². The maximum atomic E-state index is 13.4. The SMILES string of the molecule is Cc1ccc(F)c(NC2=NC(C)CS2)c1. The van der Waals surface area contributed by atoms with Crippen molar-refractivity contribution < 1.29 is 4.39 Å². The number of nitrogens with one attached hydrogen (secondary N) is 1. The molecular weight excluding hydrogens is 211 g/mol. The molecule has 1 atom stereocenters. The van der Waals surface area contributed by atoms with Crippen molar-refractivity contribution in [2.45, 2.75) is 19.9 Å². The number of rotatable bonds is 1. The number of amidine groups is 1. The summed E-state index contributed by atoms with van der Waals surface area (Å²) in [5.41, 5.74) is 1.55. The van der Waals surface area contributed by atoms with Crippen molar-refractivity contribution in [2.24, 2.45) is 4.99 Å². The van der Waals surface area contributed by atoms with Gasteiger partial charge < -0.3 is 5.32 Å². The number of benzene rings is 1. The highest BCUT2D eigenvalue weighted by Crippen LogP contribution is 2.22. The number of aliphatic imine (C=N–C) groups is 1. The highest BCUT2D eigenvalue weighted by molar-refractivity contribution is 8.14. The van der Waals surface area contributed by atoms with E-state index in [9.17, 15) is 4.39 Å². The van der Waals surface area contributed by atoms with Crippen LogP contribution in [0.4, 0.5) is 10.1 Å². The summed E-state index contributed by atoms with van der Waals surface area (Å²) in [4.78, 5) is 4.36. The van der Waals surface area contributed by atoms with Crippen molar-refractivity contribution in [3.8, 4) is 0 Å². The van der Waals surface area contributed by atoms with E-state index in [-0.39, 0.29) is 5.82 Å².